The minimum atomic E-state index is -4.36. The van der Waals surface area contributed by atoms with Crippen LogP contribution < -0.4 is 4.31 Å². The van der Waals surface area contributed by atoms with Crippen LogP contribution in [0.15, 0.2) is 64.0 Å². The second-order valence-corrected chi connectivity index (χ2v) is 11.0. The topological polar surface area (TPSA) is 114 Å². The first kappa shape index (κ1) is 25.9. The molecule has 1 atom stereocenters. The zero-order valence-electron chi connectivity index (χ0n) is 19.5. The van der Waals surface area contributed by atoms with Crippen molar-refractivity contribution in [3.05, 3.63) is 70.5 Å². The average molecular weight is 548 g/mol. The number of halogens is 2. The summed E-state index contributed by atoms with van der Waals surface area (Å²) in [6.07, 6.45) is 1.35. The van der Waals surface area contributed by atoms with Crippen molar-refractivity contribution in [3.8, 4) is 11.4 Å². The molecule has 11 heteroatoms. The van der Waals surface area contributed by atoms with E-state index in [9.17, 15) is 18.3 Å². The largest absolute Gasteiger partial charge is 0.480 e. The van der Waals surface area contributed by atoms with Crippen LogP contribution in [-0.4, -0.2) is 35.7 Å². The highest BCUT2D eigenvalue weighted by Gasteiger charge is 2.36. The second kappa shape index (κ2) is 10.5. The number of anilines is 1. The third-order valence-corrected chi connectivity index (χ3v) is 7.91. The molecule has 0 aliphatic rings. The lowest BCUT2D eigenvalue weighted by Crippen LogP contribution is -2.45. The molecule has 0 amide bonds. The van der Waals surface area contributed by atoms with Crippen LogP contribution in [0.4, 0.5) is 5.69 Å². The van der Waals surface area contributed by atoms with Crippen LogP contribution in [0.1, 0.15) is 32.1 Å². The molecule has 0 saturated heterocycles. The number of hydrogen-bond acceptors (Lipinski definition) is 6. The van der Waals surface area contributed by atoms with E-state index in [1.807, 2.05) is 19.1 Å². The van der Waals surface area contributed by atoms with Gasteiger partial charge in [0.2, 0.25) is 11.7 Å². The summed E-state index contributed by atoms with van der Waals surface area (Å²) in [7, 11) is -4.36. The maximum absolute atomic E-state index is 13.9. The van der Waals surface area contributed by atoms with Crippen LogP contribution in [-0.2, 0) is 14.8 Å². The van der Waals surface area contributed by atoms with Gasteiger partial charge >= 0.3 is 5.97 Å². The Morgan fingerprint density at radius 3 is 2.36 bits per heavy atom. The van der Waals surface area contributed by atoms with Crippen LogP contribution >= 0.6 is 23.2 Å². The number of aryl methyl sites for hydroxylation is 1. The predicted octanol–water partition coefficient (Wildman–Crippen LogP) is 6.34. The van der Waals surface area contributed by atoms with Crippen LogP contribution in [0.3, 0.4) is 0 Å². The zero-order valence-corrected chi connectivity index (χ0v) is 21.8. The zero-order chi connectivity index (χ0) is 26.0. The molecule has 36 heavy (non-hydrogen) atoms. The fourth-order valence-electron chi connectivity index (χ4n) is 3.94. The Balaban J connectivity index is 1.90. The molecule has 0 radical (unpaired) electrons. The summed E-state index contributed by atoms with van der Waals surface area (Å²) in [6.45, 7) is 3.59. The van der Waals surface area contributed by atoms with E-state index in [0.717, 1.165) is 9.69 Å². The number of carboxylic acid groups (broad SMARTS) is 1. The first-order chi connectivity index (χ1) is 17.1. The summed E-state index contributed by atoms with van der Waals surface area (Å²) in [5.74, 6) is -0.447. The molecule has 1 heterocycles. The molecule has 0 fully saturated rings. The lowest BCUT2D eigenvalue weighted by Gasteiger charge is -2.30. The number of benzene rings is 3. The normalized spacial score (nSPS) is 12.6. The minimum Gasteiger partial charge on any atom is -0.480 e. The van der Waals surface area contributed by atoms with Crippen molar-refractivity contribution in [1.29, 1.82) is 0 Å². The van der Waals surface area contributed by atoms with Gasteiger partial charge in [0, 0.05) is 22.5 Å². The Hall–Kier alpha value is -3.14. The molecule has 0 aliphatic carbocycles. The Morgan fingerprint density at radius 1 is 1.06 bits per heavy atom. The van der Waals surface area contributed by atoms with Gasteiger partial charge in [-0.2, -0.15) is 4.98 Å². The van der Waals surface area contributed by atoms with Crippen molar-refractivity contribution in [2.45, 2.75) is 44.0 Å². The van der Waals surface area contributed by atoms with Gasteiger partial charge in [0.1, 0.15) is 6.04 Å². The fourth-order valence-corrected chi connectivity index (χ4v) is 6.30. The first-order valence-electron chi connectivity index (χ1n) is 11.2. The molecule has 3 aromatic carbocycles. The van der Waals surface area contributed by atoms with Crippen LogP contribution in [0.5, 0.6) is 0 Å². The number of carboxylic acids is 1. The van der Waals surface area contributed by atoms with Gasteiger partial charge in [-0.15, -0.1) is 0 Å². The molecule has 8 nitrogen and oxygen atoms in total. The highest BCUT2D eigenvalue weighted by Crippen LogP contribution is 2.34. The average Bonchev–Trinajstić information content (AvgIpc) is 3.26. The molecule has 0 spiro atoms. The van der Waals surface area contributed by atoms with Crippen LogP contribution in [0.25, 0.3) is 22.2 Å². The van der Waals surface area contributed by atoms with E-state index < -0.39 is 22.0 Å². The Kier molecular flexibility index (Phi) is 7.54. The number of sulfonamides is 1. The smallest absolute Gasteiger partial charge is 0.327 e. The van der Waals surface area contributed by atoms with Gasteiger partial charge in [0.25, 0.3) is 10.0 Å². The SMILES string of the molecule is CCCCC(C(=O)O)N(c1ccc2ccc(-c3noc(C)n3)cc2c1)S(=O)(=O)c1cc(Cl)cc(Cl)c1. The molecule has 188 valence electrons. The van der Waals surface area contributed by atoms with Gasteiger partial charge in [-0.05, 0) is 53.6 Å². The van der Waals surface area contributed by atoms with E-state index in [-0.39, 0.29) is 27.0 Å². The summed E-state index contributed by atoms with van der Waals surface area (Å²) < 4.78 is 33.8. The summed E-state index contributed by atoms with van der Waals surface area (Å²) in [4.78, 5) is 16.4. The predicted molar refractivity (Wildman–Crippen MR) is 139 cm³/mol. The third-order valence-electron chi connectivity index (χ3n) is 5.66. The fraction of sp³-hybridized carbons (Fsp3) is 0.240. The molecule has 0 aliphatic heterocycles. The molecule has 1 unspecified atom stereocenters. The van der Waals surface area contributed by atoms with Gasteiger partial charge in [-0.3, -0.25) is 4.31 Å². The van der Waals surface area contributed by atoms with Crippen molar-refractivity contribution in [3.63, 3.8) is 0 Å². The lowest BCUT2D eigenvalue weighted by atomic mass is 10.0. The van der Waals surface area contributed by atoms with E-state index in [1.165, 1.54) is 18.2 Å². The molecule has 1 N–H and O–H groups in total. The molecule has 0 saturated carbocycles. The molecular weight excluding hydrogens is 525 g/mol. The van der Waals surface area contributed by atoms with Crippen molar-refractivity contribution < 1.29 is 22.8 Å². The number of unbranched alkanes of at least 4 members (excludes halogenated alkanes) is 1. The monoisotopic (exact) mass is 547 g/mol. The van der Waals surface area contributed by atoms with Gasteiger partial charge in [0.15, 0.2) is 0 Å². The maximum Gasteiger partial charge on any atom is 0.327 e. The first-order valence-corrected chi connectivity index (χ1v) is 13.4. The van der Waals surface area contributed by atoms with Crippen molar-refractivity contribution in [1.82, 2.24) is 10.1 Å². The van der Waals surface area contributed by atoms with E-state index in [1.54, 1.807) is 31.2 Å². The number of nitrogens with zero attached hydrogens (tertiary/aromatic N) is 3. The lowest BCUT2D eigenvalue weighted by molar-refractivity contribution is -0.138. The molecule has 4 rings (SSSR count). The second-order valence-electron chi connectivity index (χ2n) is 8.29. The maximum atomic E-state index is 13.9. The van der Waals surface area contributed by atoms with Crippen LogP contribution in [0.2, 0.25) is 10.0 Å². The Labute approximate surface area is 218 Å². The standard InChI is InChI=1S/C25H23Cl2N3O5S/c1-3-4-5-23(25(31)32)30(36(33,34)22-13-19(26)12-20(27)14-22)21-9-8-16-6-7-17(10-18(16)11-21)24-28-15(2)35-29-24/h6-14,23H,3-5H2,1-2H3,(H,31,32). The number of aromatic nitrogens is 2. The van der Waals surface area contributed by atoms with Crippen molar-refractivity contribution in [2.75, 3.05) is 4.31 Å². The van der Waals surface area contributed by atoms with E-state index in [0.29, 0.717) is 35.5 Å². The van der Waals surface area contributed by atoms with E-state index in [2.05, 4.69) is 10.1 Å². The number of rotatable bonds is 9. The Bertz CT molecular complexity index is 1520. The highest BCUT2D eigenvalue weighted by molar-refractivity contribution is 7.93. The van der Waals surface area contributed by atoms with Crippen molar-refractivity contribution in [2.24, 2.45) is 0 Å². The number of fused-ring (bicyclic) bond motifs is 1. The van der Waals surface area contributed by atoms with Gasteiger partial charge < -0.3 is 9.63 Å². The van der Waals surface area contributed by atoms with Gasteiger partial charge in [-0.25, -0.2) is 13.2 Å². The van der Waals surface area contributed by atoms with E-state index >= 15 is 0 Å². The summed E-state index contributed by atoms with van der Waals surface area (Å²) in [5.41, 5.74) is 0.872. The van der Waals surface area contributed by atoms with E-state index in [4.69, 9.17) is 27.7 Å². The van der Waals surface area contributed by atoms with Gasteiger partial charge in [-0.1, -0.05) is 66.3 Å². The van der Waals surface area contributed by atoms with Crippen LogP contribution in [0, 0.1) is 6.92 Å². The quantitative estimate of drug-likeness (QED) is 0.260. The molecule has 4 aromatic rings. The molecule has 1 aromatic heterocycles. The molecular formula is C25H23Cl2N3O5S. The number of hydrogen-bond donors (Lipinski definition) is 1. The summed E-state index contributed by atoms with van der Waals surface area (Å²) in [6, 6.07) is 13.0. The number of carbonyl (C=O) groups is 1. The number of aliphatic carboxylic acids is 1. The highest BCUT2D eigenvalue weighted by atomic mass is 35.5. The Morgan fingerprint density at radius 2 is 1.75 bits per heavy atom. The third kappa shape index (κ3) is 5.33. The summed E-state index contributed by atoms with van der Waals surface area (Å²) in [5, 5.41) is 15.8. The molecule has 0 bridgehead atoms. The minimum absolute atomic E-state index is 0.125. The summed E-state index contributed by atoms with van der Waals surface area (Å²) >= 11 is 12.2. The van der Waals surface area contributed by atoms with Crippen molar-refractivity contribution >= 4 is 55.7 Å². The van der Waals surface area contributed by atoms with Gasteiger partial charge in [0.05, 0.1) is 10.6 Å².